The molecule has 3 heterocycles. The molecule has 3 aromatic rings. The van der Waals surface area contributed by atoms with Gasteiger partial charge in [0.05, 0.1) is 32.3 Å². The molecular weight excluding hydrogens is 546 g/mol. The molecule has 0 N–H and O–H groups in total. The second-order valence-electron chi connectivity index (χ2n) is 9.65. The Bertz CT molecular complexity index is 1340. The van der Waals surface area contributed by atoms with E-state index in [1.165, 1.54) is 11.8 Å². The van der Waals surface area contributed by atoms with Crippen LogP contribution in [0.4, 0.5) is 5.82 Å². The largest absolute Gasteiger partial charge is 0.493 e. The highest BCUT2D eigenvalue weighted by Crippen LogP contribution is 2.28. The summed E-state index contributed by atoms with van der Waals surface area (Å²) in [5.74, 6) is 3.47. The molecule has 0 saturated carbocycles. The zero-order chi connectivity index (χ0) is 29.4. The number of piperazine rings is 1. The number of carbonyl (C=O) groups excluding carboxylic acids is 2. The Balaban J connectivity index is 1.37. The topological polar surface area (TPSA) is 110 Å². The second-order valence-corrected chi connectivity index (χ2v) is 10.6. The molecule has 0 radical (unpaired) electrons. The Hall–Kier alpha value is -3.77. The summed E-state index contributed by atoms with van der Waals surface area (Å²) >= 11 is 1.44. The van der Waals surface area contributed by atoms with Crippen LogP contribution in [-0.2, 0) is 28.3 Å². The maximum absolute atomic E-state index is 12.9. The predicted molar refractivity (Wildman–Crippen MR) is 156 cm³/mol. The predicted octanol–water partition coefficient (Wildman–Crippen LogP) is 3.51. The fourth-order valence-corrected chi connectivity index (χ4v) is 5.24. The molecule has 2 amide bonds. The van der Waals surface area contributed by atoms with E-state index in [-0.39, 0.29) is 11.8 Å². The first-order valence-corrected chi connectivity index (χ1v) is 14.3. The maximum atomic E-state index is 12.9. The number of methoxy groups -OCH3 is 3. The lowest BCUT2D eigenvalue weighted by atomic mass is 10.1. The molecule has 220 valence electrons. The van der Waals surface area contributed by atoms with E-state index >= 15 is 0 Å². The van der Waals surface area contributed by atoms with Gasteiger partial charge in [-0.15, -0.1) is 0 Å². The van der Waals surface area contributed by atoms with E-state index in [1.807, 2.05) is 31.3 Å². The zero-order valence-corrected chi connectivity index (χ0v) is 25.0. The van der Waals surface area contributed by atoms with Crippen LogP contribution in [0.25, 0.3) is 0 Å². The number of nitrogens with zero attached hydrogens (tertiary/aromatic N) is 5. The number of benzene rings is 1. The van der Waals surface area contributed by atoms with Crippen LogP contribution in [0.2, 0.25) is 0 Å². The SMILES string of the molecule is COCc1cc(N(C)CCc2ccc(OC)c(OC)c2)nc(SCc2ccc(C(=O)N3CCN(C(C)=O)CC3)o2)n1. The Labute approximate surface area is 244 Å². The lowest BCUT2D eigenvalue weighted by Crippen LogP contribution is -2.50. The van der Waals surface area contributed by atoms with Crippen molar-refractivity contribution >= 4 is 29.4 Å². The van der Waals surface area contributed by atoms with Crippen molar-refractivity contribution < 1.29 is 28.2 Å². The van der Waals surface area contributed by atoms with Crippen molar-refractivity contribution in [1.29, 1.82) is 0 Å². The summed E-state index contributed by atoms with van der Waals surface area (Å²) in [6.45, 7) is 4.69. The average molecular weight is 584 g/mol. The number of likely N-dealkylation sites (N-methyl/N-ethyl adjacent to an activating group) is 1. The molecule has 0 atom stereocenters. The standard InChI is InChI=1S/C29H37N5O6S/c1-20(35)33-12-14-34(15-13-33)28(36)25-9-7-23(40-25)19-41-29-30-22(18-37-3)17-27(31-29)32(2)11-10-21-6-8-24(38-4)26(16-21)39-5/h6-9,16-17H,10-15,18-19H2,1-5H3. The molecule has 12 heteroatoms. The van der Waals surface area contributed by atoms with E-state index in [2.05, 4.69) is 9.88 Å². The van der Waals surface area contributed by atoms with Crippen LogP contribution in [0.15, 0.2) is 46.0 Å². The Morgan fingerprint density at radius 1 is 0.976 bits per heavy atom. The number of hydrogen-bond donors (Lipinski definition) is 0. The van der Waals surface area contributed by atoms with Gasteiger partial charge in [-0.25, -0.2) is 9.97 Å². The van der Waals surface area contributed by atoms with E-state index < -0.39 is 0 Å². The summed E-state index contributed by atoms with van der Waals surface area (Å²) in [7, 11) is 6.88. The van der Waals surface area contributed by atoms with E-state index in [0.29, 0.717) is 66.7 Å². The van der Waals surface area contributed by atoms with Gasteiger partial charge in [-0.2, -0.15) is 0 Å². The third-order valence-electron chi connectivity index (χ3n) is 6.84. The van der Waals surface area contributed by atoms with Crippen molar-refractivity contribution in [3.63, 3.8) is 0 Å². The number of carbonyl (C=O) groups is 2. The minimum atomic E-state index is -0.166. The van der Waals surface area contributed by atoms with Crippen LogP contribution in [-0.4, -0.2) is 92.7 Å². The molecule has 0 aliphatic carbocycles. The van der Waals surface area contributed by atoms with Gasteiger partial charge in [-0.1, -0.05) is 17.8 Å². The van der Waals surface area contributed by atoms with E-state index in [0.717, 1.165) is 30.0 Å². The van der Waals surface area contributed by atoms with Crippen molar-refractivity contribution in [2.75, 3.05) is 66.0 Å². The van der Waals surface area contributed by atoms with Crippen LogP contribution < -0.4 is 14.4 Å². The summed E-state index contributed by atoms with van der Waals surface area (Å²) < 4.78 is 22.0. The fraction of sp³-hybridized carbons (Fsp3) is 0.448. The molecule has 41 heavy (non-hydrogen) atoms. The van der Waals surface area contributed by atoms with Crippen LogP contribution in [0.1, 0.15) is 34.5 Å². The highest BCUT2D eigenvalue weighted by Gasteiger charge is 2.25. The first kappa shape index (κ1) is 30.2. The average Bonchev–Trinajstić information content (AvgIpc) is 3.47. The van der Waals surface area contributed by atoms with Crippen molar-refractivity contribution in [2.45, 2.75) is 30.9 Å². The van der Waals surface area contributed by atoms with Crippen LogP contribution in [0.3, 0.4) is 0 Å². The van der Waals surface area contributed by atoms with Crippen molar-refractivity contribution in [3.8, 4) is 11.5 Å². The van der Waals surface area contributed by atoms with Gasteiger partial charge in [0.25, 0.3) is 5.91 Å². The zero-order valence-electron chi connectivity index (χ0n) is 24.2. The molecule has 0 spiro atoms. The molecule has 11 nitrogen and oxygen atoms in total. The lowest BCUT2D eigenvalue weighted by Gasteiger charge is -2.33. The number of anilines is 1. The first-order valence-electron chi connectivity index (χ1n) is 13.4. The minimum Gasteiger partial charge on any atom is -0.493 e. The minimum absolute atomic E-state index is 0.0263. The van der Waals surface area contributed by atoms with Crippen molar-refractivity contribution in [2.24, 2.45) is 0 Å². The van der Waals surface area contributed by atoms with E-state index in [4.69, 9.17) is 23.6 Å². The van der Waals surface area contributed by atoms with Gasteiger partial charge in [0.1, 0.15) is 11.6 Å². The molecule has 0 bridgehead atoms. The number of amides is 2. The number of ether oxygens (including phenoxy) is 3. The summed E-state index contributed by atoms with van der Waals surface area (Å²) in [4.78, 5) is 39.4. The smallest absolute Gasteiger partial charge is 0.289 e. The molecule has 1 fully saturated rings. The summed E-state index contributed by atoms with van der Waals surface area (Å²) in [6.07, 6.45) is 0.788. The van der Waals surface area contributed by atoms with Gasteiger partial charge >= 0.3 is 0 Å². The Morgan fingerprint density at radius 2 is 1.71 bits per heavy atom. The quantitative estimate of drug-likeness (QED) is 0.232. The van der Waals surface area contributed by atoms with Crippen molar-refractivity contribution in [3.05, 3.63) is 59.2 Å². The van der Waals surface area contributed by atoms with Gasteiger partial charge in [-0.3, -0.25) is 9.59 Å². The molecule has 1 aliphatic heterocycles. The van der Waals surface area contributed by atoms with E-state index in [1.54, 1.807) is 50.2 Å². The summed E-state index contributed by atoms with van der Waals surface area (Å²) in [5, 5.41) is 0.595. The van der Waals surface area contributed by atoms with Crippen LogP contribution in [0, 0.1) is 0 Å². The number of hydrogen-bond acceptors (Lipinski definition) is 10. The van der Waals surface area contributed by atoms with Crippen molar-refractivity contribution in [1.82, 2.24) is 19.8 Å². The van der Waals surface area contributed by atoms with Crippen LogP contribution >= 0.6 is 11.8 Å². The number of rotatable bonds is 12. The molecular formula is C29H37N5O6S. The number of aromatic nitrogens is 2. The maximum Gasteiger partial charge on any atom is 0.289 e. The van der Waals surface area contributed by atoms with Gasteiger partial charge in [0.2, 0.25) is 5.91 Å². The third-order valence-corrected chi connectivity index (χ3v) is 7.71. The molecule has 1 aromatic carbocycles. The molecule has 1 aliphatic rings. The van der Waals surface area contributed by atoms with Gasteiger partial charge in [-0.05, 0) is 36.2 Å². The molecule has 0 unspecified atom stereocenters. The molecule has 1 saturated heterocycles. The highest BCUT2D eigenvalue weighted by atomic mass is 32.2. The van der Waals surface area contributed by atoms with Gasteiger partial charge < -0.3 is 33.3 Å². The molecule has 4 rings (SSSR count). The van der Waals surface area contributed by atoms with Crippen LogP contribution in [0.5, 0.6) is 11.5 Å². The lowest BCUT2D eigenvalue weighted by molar-refractivity contribution is -0.130. The first-order chi connectivity index (χ1) is 19.8. The van der Waals surface area contributed by atoms with Gasteiger partial charge in [0.15, 0.2) is 22.4 Å². The summed E-state index contributed by atoms with van der Waals surface area (Å²) in [6, 6.07) is 11.4. The third kappa shape index (κ3) is 7.92. The fourth-order valence-electron chi connectivity index (χ4n) is 4.48. The Kier molecular flexibility index (Phi) is 10.5. The normalized spacial score (nSPS) is 13.3. The van der Waals surface area contributed by atoms with E-state index in [9.17, 15) is 9.59 Å². The highest BCUT2D eigenvalue weighted by molar-refractivity contribution is 7.98. The number of furan rings is 1. The van der Waals surface area contributed by atoms with Gasteiger partial charge in [0, 0.05) is 59.9 Å². The monoisotopic (exact) mass is 583 g/mol. The second kappa shape index (κ2) is 14.2. The number of thioether (sulfide) groups is 1. The molecule has 2 aromatic heterocycles. The summed E-state index contributed by atoms with van der Waals surface area (Å²) in [5.41, 5.74) is 1.90. The Morgan fingerprint density at radius 3 is 2.39 bits per heavy atom.